The highest BCUT2D eigenvalue weighted by Crippen LogP contribution is 2.23. The lowest BCUT2D eigenvalue weighted by atomic mass is 9.97. The van der Waals surface area contributed by atoms with Crippen LogP contribution in [0.25, 0.3) is 11.1 Å². The molecule has 1 fully saturated rings. The van der Waals surface area contributed by atoms with Gasteiger partial charge in [-0.3, -0.25) is 4.79 Å². The maximum Gasteiger partial charge on any atom is 0.319 e. The highest BCUT2D eigenvalue weighted by Gasteiger charge is 2.23. The quantitative estimate of drug-likeness (QED) is 0.720. The zero-order valence-corrected chi connectivity index (χ0v) is 16.3. The monoisotopic (exact) mass is 380 g/mol. The molecule has 0 bridgehead atoms. The minimum Gasteiger partial charge on any atom is -0.369 e. The number of carbonyl (C=O) groups excluding carboxylic acids is 2. The van der Waals surface area contributed by atoms with Gasteiger partial charge < -0.3 is 21.3 Å². The largest absolute Gasteiger partial charge is 0.369 e. The molecule has 3 rings (SSSR count). The number of likely N-dealkylation sites (tertiary alicyclic amines) is 1. The molecule has 1 atom stereocenters. The number of hydrogen-bond donors (Lipinski definition) is 3. The van der Waals surface area contributed by atoms with E-state index in [1.54, 1.807) is 0 Å². The number of primary amides is 1. The lowest BCUT2D eigenvalue weighted by molar-refractivity contribution is -0.123. The van der Waals surface area contributed by atoms with Crippen LogP contribution in [0.15, 0.2) is 48.5 Å². The van der Waals surface area contributed by atoms with Gasteiger partial charge in [-0.1, -0.05) is 42.0 Å². The van der Waals surface area contributed by atoms with Crippen molar-refractivity contribution in [1.82, 2.24) is 10.2 Å². The van der Waals surface area contributed by atoms with Gasteiger partial charge in [0.1, 0.15) is 0 Å². The van der Waals surface area contributed by atoms with Crippen molar-refractivity contribution in [2.24, 2.45) is 11.7 Å². The number of piperidine rings is 1. The summed E-state index contributed by atoms with van der Waals surface area (Å²) in [5, 5.41) is 5.77. The molecule has 1 saturated heterocycles. The van der Waals surface area contributed by atoms with Crippen molar-refractivity contribution in [3.8, 4) is 11.1 Å². The van der Waals surface area contributed by atoms with E-state index in [1.165, 1.54) is 5.56 Å². The van der Waals surface area contributed by atoms with Gasteiger partial charge in [0, 0.05) is 25.3 Å². The van der Waals surface area contributed by atoms with Gasteiger partial charge in [-0.05, 0) is 49.6 Å². The molecule has 6 heteroatoms. The summed E-state index contributed by atoms with van der Waals surface area (Å²) >= 11 is 0. The van der Waals surface area contributed by atoms with Crippen molar-refractivity contribution < 1.29 is 9.59 Å². The Morgan fingerprint density at radius 2 is 1.89 bits per heavy atom. The highest BCUT2D eigenvalue weighted by atomic mass is 16.2. The maximum absolute atomic E-state index is 12.2. The average Bonchev–Trinajstić information content (AvgIpc) is 2.68. The van der Waals surface area contributed by atoms with E-state index in [1.807, 2.05) is 30.3 Å². The molecule has 148 valence electrons. The molecule has 1 aliphatic rings. The third-order valence-electron chi connectivity index (χ3n) is 5.09. The summed E-state index contributed by atoms with van der Waals surface area (Å²) in [7, 11) is 0. The van der Waals surface area contributed by atoms with Crippen LogP contribution in [0.1, 0.15) is 18.4 Å². The third-order valence-corrected chi connectivity index (χ3v) is 5.09. The lowest BCUT2D eigenvalue weighted by Crippen LogP contribution is -2.44. The Labute approximate surface area is 166 Å². The van der Waals surface area contributed by atoms with Crippen molar-refractivity contribution in [2.75, 3.05) is 31.5 Å². The first-order valence-electron chi connectivity index (χ1n) is 9.75. The second kappa shape index (κ2) is 9.37. The fraction of sp³-hybridized carbons (Fsp3) is 0.364. The summed E-state index contributed by atoms with van der Waals surface area (Å²) in [6, 6.07) is 15.9. The number of nitrogens with zero attached hydrogens (tertiary/aromatic N) is 1. The molecule has 1 aliphatic heterocycles. The molecule has 4 N–H and O–H groups in total. The summed E-state index contributed by atoms with van der Waals surface area (Å²) in [5.74, 6) is -0.309. The smallest absolute Gasteiger partial charge is 0.319 e. The molecule has 0 aromatic heterocycles. The average molecular weight is 380 g/mol. The molecule has 3 amide bonds. The van der Waals surface area contributed by atoms with Crippen LogP contribution < -0.4 is 16.4 Å². The Balaban J connectivity index is 1.49. The molecule has 28 heavy (non-hydrogen) atoms. The second-order valence-corrected chi connectivity index (χ2v) is 7.37. The highest BCUT2D eigenvalue weighted by molar-refractivity contribution is 5.90. The minimum atomic E-state index is -0.233. The van der Waals surface area contributed by atoms with Gasteiger partial charge in [0.25, 0.3) is 0 Å². The molecular formula is C22H28N4O2. The summed E-state index contributed by atoms with van der Waals surface area (Å²) in [6.45, 7) is 4.91. The van der Waals surface area contributed by atoms with Gasteiger partial charge in [-0.2, -0.15) is 0 Å². The fourth-order valence-electron chi connectivity index (χ4n) is 3.59. The SMILES string of the molecule is Cc1cccc(-c2cccc(NC(=O)NCCN3CCC[C@@H](C(N)=O)C3)c2)c1. The Kier molecular flexibility index (Phi) is 6.66. The Hall–Kier alpha value is -2.86. The Morgan fingerprint density at radius 1 is 1.14 bits per heavy atom. The van der Waals surface area contributed by atoms with Crippen LogP contribution in [0.3, 0.4) is 0 Å². The first kappa shape index (κ1) is 19.9. The van der Waals surface area contributed by atoms with Crippen LogP contribution in [0, 0.1) is 12.8 Å². The van der Waals surface area contributed by atoms with Crippen LogP contribution >= 0.6 is 0 Å². The molecule has 2 aromatic rings. The van der Waals surface area contributed by atoms with Crippen LogP contribution in [0.2, 0.25) is 0 Å². The number of anilines is 1. The minimum absolute atomic E-state index is 0.0769. The van der Waals surface area contributed by atoms with Crippen LogP contribution in [0.4, 0.5) is 10.5 Å². The van der Waals surface area contributed by atoms with E-state index in [0.29, 0.717) is 19.6 Å². The summed E-state index contributed by atoms with van der Waals surface area (Å²) < 4.78 is 0. The number of nitrogens with two attached hydrogens (primary N) is 1. The molecule has 0 aliphatic carbocycles. The fourth-order valence-corrected chi connectivity index (χ4v) is 3.59. The van der Waals surface area contributed by atoms with Gasteiger partial charge in [-0.25, -0.2) is 4.79 Å². The summed E-state index contributed by atoms with van der Waals surface area (Å²) in [6.07, 6.45) is 1.82. The Bertz CT molecular complexity index is 837. The molecule has 6 nitrogen and oxygen atoms in total. The van der Waals surface area contributed by atoms with E-state index in [9.17, 15) is 9.59 Å². The normalized spacial score (nSPS) is 17.1. The lowest BCUT2D eigenvalue weighted by Gasteiger charge is -2.31. The van der Waals surface area contributed by atoms with E-state index < -0.39 is 0 Å². The number of urea groups is 1. The van der Waals surface area contributed by atoms with Gasteiger partial charge in [0.15, 0.2) is 0 Å². The number of nitrogens with one attached hydrogen (secondary N) is 2. The third kappa shape index (κ3) is 5.57. The van der Waals surface area contributed by atoms with Gasteiger partial charge in [0.05, 0.1) is 5.92 Å². The number of amides is 3. The number of benzene rings is 2. The first-order chi connectivity index (χ1) is 13.5. The van der Waals surface area contributed by atoms with Crippen LogP contribution in [0.5, 0.6) is 0 Å². The molecule has 0 radical (unpaired) electrons. The molecular weight excluding hydrogens is 352 g/mol. The molecule has 0 saturated carbocycles. The van der Waals surface area contributed by atoms with Crippen LogP contribution in [-0.2, 0) is 4.79 Å². The van der Waals surface area contributed by atoms with E-state index >= 15 is 0 Å². The number of aryl methyl sites for hydroxylation is 1. The Morgan fingerprint density at radius 3 is 2.64 bits per heavy atom. The molecule has 1 heterocycles. The predicted octanol–water partition coefficient (Wildman–Crippen LogP) is 2.98. The summed E-state index contributed by atoms with van der Waals surface area (Å²) in [5.41, 5.74) is 9.55. The van der Waals surface area contributed by atoms with E-state index in [0.717, 1.165) is 36.2 Å². The molecule has 2 aromatic carbocycles. The summed E-state index contributed by atoms with van der Waals surface area (Å²) in [4.78, 5) is 25.7. The number of rotatable bonds is 6. The molecule has 0 unspecified atom stereocenters. The van der Waals surface area contributed by atoms with Gasteiger partial charge >= 0.3 is 6.03 Å². The zero-order valence-electron chi connectivity index (χ0n) is 16.3. The van der Waals surface area contributed by atoms with Crippen molar-refractivity contribution in [3.05, 3.63) is 54.1 Å². The molecule has 0 spiro atoms. The number of carbonyl (C=O) groups is 2. The second-order valence-electron chi connectivity index (χ2n) is 7.37. The van der Waals surface area contributed by atoms with E-state index in [4.69, 9.17) is 5.73 Å². The van der Waals surface area contributed by atoms with Crippen molar-refractivity contribution in [2.45, 2.75) is 19.8 Å². The first-order valence-corrected chi connectivity index (χ1v) is 9.75. The van der Waals surface area contributed by atoms with Gasteiger partial charge in [-0.15, -0.1) is 0 Å². The maximum atomic E-state index is 12.2. The van der Waals surface area contributed by atoms with Crippen molar-refractivity contribution in [1.29, 1.82) is 0 Å². The van der Waals surface area contributed by atoms with Crippen molar-refractivity contribution >= 4 is 17.6 Å². The van der Waals surface area contributed by atoms with Crippen molar-refractivity contribution in [3.63, 3.8) is 0 Å². The van der Waals surface area contributed by atoms with Gasteiger partial charge in [0.2, 0.25) is 5.91 Å². The standard InChI is InChI=1S/C22H28N4O2/c1-16-5-2-6-17(13-16)18-7-3-9-20(14-18)25-22(28)24-10-12-26-11-4-8-19(15-26)21(23)27/h2-3,5-7,9,13-14,19H,4,8,10-12,15H2,1H3,(H2,23,27)(H2,24,25,28)/t19-/m1/s1. The van der Waals surface area contributed by atoms with E-state index in [-0.39, 0.29) is 17.9 Å². The van der Waals surface area contributed by atoms with E-state index in [2.05, 4.69) is 40.7 Å². The predicted molar refractivity (Wildman–Crippen MR) is 112 cm³/mol. The topological polar surface area (TPSA) is 87.5 Å². The van der Waals surface area contributed by atoms with Crippen LogP contribution in [-0.4, -0.2) is 43.0 Å². The zero-order chi connectivity index (χ0) is 19.9. The number of hydrogen-bond acceptors (Lipinski definition) is 3.